The third kappa shape index (κ3) is 3.06. The van der Waals surface area contributed by atoms with E-state index in [1.54, 1.807) is 10.5 Å². The number of imidazole rings is 1. The minimum Gasteiger partial charge on any atom is -0.356 e. The van der Waals surface area contributed by atoms with Crippen LogP contribution in [-0.4, -0.2) is 58.4 Å². The van der Waals surface area contributed by atoms with Crippen molar-refractivity contribution >= 4 is 15.8 Å². The molecule has 4 heterocycles. The van der Waals surface area contributed by atoms with E-state index in [2.05, 4.69) is 14.9 Å². The molecule has 9 heteroatoms. The Balaban J connectivity index is 1.34. The van der Waals surface area contributed by atoms with Crippen LogP contribution in [0.2, 0.25) is 0 Å². The Morgan fingerprint density at radius 2 is 1.76 bits per heavy atom. The molecule has 0 aromatic carbocycles. The van der Waals surface area contributed by atoms with Gasteiger partial charge in [0, 0.05) is 50.2 Å². The molecule has 2 saturated heterocycles. The van der Waals surface area contributed by atoms with Gasteiger partial charge in [0.15, 0.2) is 5.03 Å². The van der Waals surface area contributed by atoms with Crippen LogP contribution in [0.15, 0.2) is 11.2 Å². The third-order valence-electron chi connectivity index (χ3n) is 6.67. The van der Waals surface area contributed by atoms with Crippen molar-refractivity contribution in [3.05, 3.63) is 29.1 Å². The van der Waals surface area contributed by atoms with E-state index in [4.69, 9.17) is 4.98 Å². The average Bonchev–Trinajstić information content (AvgIpc) is 3.42. The molecule has 0 saturated carbocycles. The van der Waals surface area contributed by atoms with Gasteiger partial charge in [-0.15, -0.1) is 0 Å². The van der Waals surface area contributed by atoms with Gasteiger partial charge < -0.3 is 9.47 Å². The summed E-state index contributed by atoms with van der Waals surface area (Å²) in [7, 11) is -3.53. The smallest absolute Gasteiger partial charge is 0.262 e. The number of hydrogen-bond acceptors (Lipinski definition) is 6. The van der Waals surface area contributed by atoms with Crippen LogP contribution in [0.4, 0.5) is 5.82 Å². The maximum atomic E-state index is 13.1. The molecule has 2 aromatic heterocycles. The molecule has 2 aliphatic heterocycles. The lowest BCUT2D eigenvalue weighted by Crippen LogP contribution is -2.34. The molecule has 0 bridgehead atoms. The number of fused-ring (bicyclic) bond motifs is 2. The molecule has 0 spiro atoms. The first-order valence-corrected chi connectivity index (χ1v) is 12.0. The van der Waals surface area contributed by atoms with Gasteiger partial charge in [0.25, 0.3) is 10.0 Å². The largest absolute Gasteiger partial charge is 0.356 e. The van der Waals surface area contributed by atoms with E-state index < -0.39 is 10.0 Å². The quantitative estimate of drug-likeness (QED) is 0.752. The Kier molecular flexibility index (Phi) is 4.43. The highest BCUT2D eigenvalue weighted by Crippen LogP contribution is 2.38. The van der Waals surface area contributed by atoms with Crippen LogP contribution in [0.5, 0.6) is 0 Å². The van der Waals surface area contributed by atoms with Crippen LogP contribution in [0.3, 0.4) is 0 Å². The van der Waals surface area contributed by atoms with Crippen molar-refractivity contribution in [2.75, 3.05) is 31.1 Å². The maximum absolute atomic E-state index is 13.1. The highest BCUT2D eigenvalue weighted by atomic mass is 32.2. The van der Waals surface area contributed by atoms with E-state index in [1.165, 1.54) is 11.3 Å². The molecule has 29 heavy (non-hydrogen) atoms. The van der Waals surface area contributed by atoms with Crippen molar-refractivity contribution in [3.63, 3.8) is 0 Å². The average molecular weight is 417 g/mol. The van der Waals surface area contributed by atoms with E-state index in [1.807, 2.05) is 25.3 Å². The molecule has 8 nitrogen and oxygen atoms in total. The number of anilines is 1. The van der Waals surface area contributed by atoms with Gasteiger partial charge >= 0.3 is 0 Å². The van der Waals surface area contributed by atoms with Gasteiger partial charge in [0.05, 0.1) is 0 Å². The fraction of sp³-hybridized carbons (Fsp3) is 0.650. The van der Waals surface area contributed by atoms with Gasteiger partial charge in [-0.1, -0.05) is 0 Å². The van der Waals surface area contributed by atoms with Crippen molar-refractivity contribution in [2.45, 2.75) is 51.6 Å². The molecular formula is C20H28N6O2S. The second-order valence-corrected chi connectivity index (χ2v) is 10.4. The van der Waals surface area contributed by atoms with E-state index >= 15 is 0 Å². The van der Waals surface area contributed by atoms with Gasteiger partial charge in [0.2, 0.25) is 0 Å². The SMILES string of the molecule is CCn1cc(S(=O)(=O)N2CC3CN(c4nc(C)nc5c4CCC5)CC3C2)nc1C. The molecule has 0 N–H and O–H groups in total. The number of aromatic nitrogens is 4. The Morgan fingerprint density at radius 1 is 1.03 bits per heavy atom. The van der Waals surface area contributed by atoms with Crippen LogP contribution >= 0.6 is 0 Å². The highest BCUT2D eigenvalue weighted by molar-refractivity contribution is 7.89. The number of sulfonamides is 1. The molecular weight excluding hydrogens is 388 g/mol. The lowest BCUT2D eigenvalue weighted by Gasteiger charge is -2.23. The topological polar surface area (TPSA) is 84.2 Å². The highest BCUT2D eigenvalue weighted by Gasteiger charge is 2.45. The van der Waals surface area contributed by atoms with Crippen molar-refractivity contribution in [2.24, 2.45) is 11.8 Å². The van der Waals surface area contributed by atoms with Gasteiger partial charge in [-0.2, -0.15) is 4.31 Å². The van der Waals surface area contributed by atoms with Gasteiger partial charge in [0.1, 0.15) is 17.5 Å². The van der Waals surface area contributed by atoms with E-state index in [0.717, 1.165) is 56.4 Å². The Morgan fingerprint density at radius 3 is 2.41 bits per heavy atom. The summed E-state index contributed by atoms with van der Waals surface area (Å²) < 4.78 is 29.7. The Labute approximate surface area is 172 Å². The van der Waals surface area contributed by atoms with Crippen molar-refractivity contribution < 1.29 is 8.42 Å². The summed E-state index contributed by atoms with van der Waals surface area (Å²) in [6, 6.07) is 0. The molecule has 2 unspecified atom stereocenters. The minimum absolute atomic E-state index is 0.179. The number of rotatable bonds is 4. The van der Waals surface area contributed by atoms with Crippen molar-refractivity contribution in [3.8, 4) is 0 Å². The molecule has 0 radical (unpaired) electrons. The summed E-state index contributed by atoms with van der Waals surface area (Å²) in [5.41, 5.74) is 2.51. The van der Waals surface area contributed by atoms with E-state index in [9.17, 15) is 8.42 Å². The molecule has 2 atom stereocenters. The summed E-state index contributed by atoms with van der Waals surface area (Å²) in [6.45, 7) is 9.38. The van der Waals surface area contributed by atoms with Crippen LogP contribution in [0.1, 0.15) is 36.3 Å². The summed E-state index contributed by atoms with van der Waals surface area (Å²) in [5, 5.41) is 0.179. The second kappa shape index (κ2) is 6.77. The number of nitrogens with zero attached hydrogens (tertiary/aromatic N) is 6. The first-order valence-electron chi connectivity index (χ1n) is 10.5. The van der Waals surface area contributed by atoms with Crippen LogP contribution in [0.25, 0.3) is 0 Å². The van der Waals surface area contributed by atoms with Crippen molar-refractivity contribution in [1.29, 1.82) is 0 Å². The molecule has 0 amide bonds. The zero-order valence-electron chi connectivity index (χ0n) is 17.3. The maximum Gasteiger partial charge on any atom is 0.262 e. The van der Waals surface area contributed by atoms with Gasteiger partial charge in [-0.05, 0) is 51.9 Å². The Hall–Kier alpha value is -2.00. The summed E-state index contributed by atoms with van der Waals surface area (Å²) in [4.78, 5) is 16.1. The summed E-state index contributed by atoms with van der Waals surface area (Å²) in [6.07, 6.45) is 4.91. The minimum atomic E-state index is -3.53. The lowest BCUT2D eigenvalue weighted by molar-refractivity contribution is 0.450. The molecule has 156 valence electrons. The van der Waals surface area contributed by atoms with Gasteiger partial charge in [-0.25, -0.2) is 23.4 Å². The first kappa shape index (κ1) is 19.0. The Bertz CT molecular complexity index is 1050. The van der Waals surface area contributed by atoms with Crippen LogP contribution in [-0.2, 0) is 29.4 Å². The summed E-state index contributed by atoms with van der Waals surface area (Å²) >= 11 is 0. The molecule has 5 rings (SSSR count). The lowest BCUT2D eigenvalue weighted by atomic mass is 10.0. The fourth-order valence-electron chi connectivity index (χ4n) is 5.17. The molecule has 2 fully saturated rings. The predicted molar refractivity (Wildman–Crippen MR) is 109 cm³/mol. The monoisotopic (exact) mass is 416 g/mol. The van der Waals surface area contributed by atoms with E-state index in [0.29, 0.717) is 24.9 Å². The fourth-order valence-corrected chi connectivity index (χ4v) is 6.72. The predicted octanol–water partition coefficient (Wildman–Crippen LogP) is 1.56. The van der Waals surface area contributed by atoms with Crippen LogP contribution in [0, 0.1) is 25.7 Å². The zero-order chi connectivity index (χ0) is 20.3. The number of hydrogen-bond donors (Lipinski definition) is 0. The zero-order valence-corrected chi connectivity index (χ0v) is 18.1. The van der Waals surface area contributed by atoms with E-state index in [-0.39, 0.29) is 5.03 Å². The normalized spacial score (nSPS) is 24.3. The standard InChI is InChI=1S/C20H28N6O2S/c1-4-24-12-19(23-14(24)3)29(27,28)26-10-15-8-25(9-16(15)11-26)20-17-6-5-7-18(17)21-13(2)22-20/h12,15-16H,4-11H2,1-3H3. The molecule has 2 aromatic rings. The molecule has 3 aliphatic rings. The van der Waals surface area contributed by atoms with Gasteiger partial charge in [-0.3, -0.25) is 0 Å². The van der Waals surface area contributed by atoms with Crippen molar-refractivity contribution in [1.82, 2.24) is 23.8 Å². The third-order valence-corrected chi connectivity index (χ3v) is 8.38. The molecule has 1 aliphatic carbocycles. The number of aryl methyl sites for hydroxylation is 4. The first-order chi connectivity index (χ1) is 13.9. The summed E-state index contributed by atoms with van der Waals surface area (Å²) in [5.74, 6) is 3.34. The second-order valence-electron chi connectivity index (χ2n) is 8.53. The van der Waals surface area contributed by atoms with Crippen LogP contribution < -0.4 is 4.90 Å².